The molecule has 1 aromatic rings. The minimum Gasteiger partial charge on any atom is -0.326 e. The first-order valence-electron chi connectivity index (χ1n) is 10.3. The SMILES string of the molecule is Cc1ccc(S(=O)(=O)N2CCCCC2)cc1NC(=O)C[C@@H]1C[C@H]2CC[C@@H]1C2. The zero-order valence-corrected chi connectivity index (χ0v) is 16.9. The van der Waals surface area contributed by atoms with Gasteiger partial charge in [0.1, 0.15) is 0 Å². The standard InChI is InChI=1S/C21H30N2O3S/c1-15-5-8-19(27(25,26)23-9-3-2-4-10-23)14-20(15)22-21(24)13-18-12-16-6-7-17(18)11-16/h5,8,14,16-18H,2-4,6-7,9-13H2,1H3,(H,22,24)/t16-,17+,18-/m0/s1. The molecule has 0 unspecified atom stereocenters. The molecule has 6 heteroatoms. The van der Waals surface area contributed by atoms with E-state index in [1.54, 1.807) is 22.5 Å². The van der Waals surface area contributed by atoms with Crippen LogP contribution in [0.25, 0.3) is 0 Å². The lowest BCUT2D eigenvalue weighted by atomic mass is 9.86. The summed E-state index contributed by atoms with van der Waals surface area (Å²) in [4.78, 5) is 12.9. The summed E-state index contributed by atoms with van der Waals surface area (Å²) in [6, 6.07) is 5.09. The number of nitrogens with one attached hydrogen (secondary N) is 1. The molecule has 148 valence electrons. The number of amides is 1. The largest absolute Gasteiger partial charge is 0.326 e. The van der Waals surface area contributed by atoms with E-state index >= 15 is 0 Å². The Morgan fingerprint density at radius 2 is 1.93 bits per heavy atom. The van der Waals surface area contributed by atoms with Crippen molar-refractivity contribution in [3.63, 3.8) is 0 Å². The monoisotopic (exact) mass is 390 g/mol. The van der Waals surface area contributed by atoms with Crippen molar-refractivity contribution >= 4 is 21.6 Å². The fraction of sp³-hybridized carbons (Fsp3) is 0.667. The van der Waals surface area contributed by atoms with E-state index in [0.29, 0.717) is 37.0 Å². The quantitative estimate of drug-likeness (QED) is 0.828. The summed E-state index contributed by atoms with van der Waals surface area (Å²) in [7, 11) is -3.48. The number of sulfonamides is 1. The predicted octanol–water partition coefficient (Wildman–Crippen LogP) is 3.93. The lowest BCUT2D eigenvalue weighted by Gasteiger charge is -2.26. The van der Waals surface area contributed by atoms with Gasteiger partial charge in [-0.25, -0.2) is 8.42 Å². The summed E-state index contributed by atoms with van der Waals surface area (Å²) in [6.07, 6.45) is 8.55. The second-order valence-electron chi connectivity index (χ2n) is 8.63. The van der Waals surface area contributed by atoms with Crippen molar-refractivity contribution in [1.82, 2.24) is 4.31 Å². The van der Waals surface area contributed by atoms with Gasteiger partial charge in [0.15, 0.2) is 0 Å². The van der Waals surface area contributed by atoms with Crippen LogP contribution in [0, 0.1) is 24.7 Å². The third kappa shape index (κ3) is 3.92. The van der Waals surface area contributed by atoms with Gasteiger partial charge in [0.25, 0.3) is 0 Å². The highest BCUT2D eigenvalue weighted by Gasteiger charge is 2.40. The number of fused-ring (bicyclic) bond motifs is 2. The highest BCUT2D eigenvalue weighted by molar-refractivity contribution is 7.89. The maximum Gasteiger partial charge on any atom is 0.243 e. The molecule has 1 aliphatic heterocycles. The predicted molar refractivity (Wildman–Crippen MR) is 106 cm³/mol. The molecule has 2 aliphatic carbocycles. The van der Waals surface area contributed by atoms with Gasteiger partial charge in [-0.3, -0.25) is 4.79 Å². The van der Waals surface area contributed by atoms with Crippen LogP contribution < -0.4 is 5.32 Å². The van der Waals surface area contributed by atoms with E-state index in [1.807, 2.05) is 6.92 Å². The molecule has 27 heavy (non-hydrogen) atoms. The molecule has 1 saturated heterocycles. The third-order valence-corrected chi connectivity index (χ3v) is 8.66. The average molecular weight is 391 g/mol. The Labute approximate surface area is 162 Å². The van der Waals surface area contributed by atoms with Crippen LogP contribution in [0.3, 0.4) is 0 Å². The zero-order valence-electron chi connectivity index (χ0n) is 16.1. The number of rotatable bonds is 5. The molecule has 0 spiro atoms. The molecule has 1 aromatic carbocycles. The number of benzene rings is 1. The zero-order chi connectivity index (χ0) is 19.0. The maximum absolute atomic E-state index is 12.9. The van der Waals surface area contributed by atoms with Gasteiger partial charge in [-0.1, -0.05) is 18.9 Å². The van der Waals surface area contributed by atoms with Gasteiger partial charge in [0.05, 0.1) is 4.90 Å². The minimum absolute atomic E-state index is 0.0168. The highest BCUT2D eigenvalue weighted by Crippen LogP contribution is 2.49. The summed E-state index contributed by atoms with van der Waals surface area (Å²) >= 11 is 0. The van der Waals surface area contributed by atoms with Gasteiger partial charge in [-0.15, -0.1) is 0 Å². The van der Waals surface area contributed by atoms with Gasteiger partial charge >= 0.3 is 0 Å². The molecule has 4 rings (SSSR count). The molecular weight excluding hydrogens is 360 g/mol. The van der Waals surface area contributed by atoms with Crippen LogP contribution in [0.5, 0.6) is 0 Å². The number of anilines is 1. The summed E-state index contributed by atoms with van der Waals surface area (Å²) < 4.78 is 27.4. The van der Waals surface area contributed by atoms with Gasteiger partial charge in [-0.05, 0) is 74.5 Å². The molecule has 0 radical (unpaired) electrons. The number of nitrogens with zero attached hydrogens (tertiary/aromatic N) is 1. The van der Waals surface area contributed by atoms with Crippen LogP contribution in [-0.4, -0.2) is 31.7 Å². The Morgan fingerprint density at radius 3 is 2.59 bits per heavy atom. The first kappa shape index (κ1) is 18.9. The molecule has 0 aromatic heterocycles. The molecule has 5 nitrogen and oxygen atoms in total. The van der Waals surface area contributed by atoms with Crippen LogP contribution in [0.1, 0.15) is 56.9 Å². The fourth-order valence-electron chi connectivity index (χ4n) is 5.22. The lowest BCUT2D eigenvalue weighted by Crippen LogP contribution is -2.35. The summed E-state index contributed by atoms with van der Waals surface area (Å²) in [6.45, 7) is 3.08. The summed E-state index contributed by atoms with van der Waals surface area (Å²) in [5.74, 6) is 2.06. The van der Waals surface area contributed by atoms with Crippen molar-refractivity contribution in [3.8, 4) is 0 Å². The molecule has 3 aliphatic rings. The van der Waals surface area contributed by atoms with Gasteiger partial charge < -0.3 is 5.32 Å². The number of hydrogen-bond acceptors (Lipinski definition) is 3. The number of carbonyl (C=O) groups excluding carboxylic acids is 1. The Hall–Kier alpha value is -1.40. The second kappa shape index (κ2) is 7.55. The smallest absolute Gasteiger partial charge is 0.243 e. The van der Waals surface area contributed by atoms with Gasteiger partial charge in [0.2, 0.25) is 15.9 Å². The minimum atomic E-state index is -3.48. The van der Waals surface area contributed by atoms with Crippen molar-refractivity contribution in [3.05, 3.63) is 23.8 Å². The molecule has 1 N–H and O–H groups in total. The first-order chi connectivity index (χ1) is 12.9. The van der Waals surface area contributed by atoms with Crippen molar-refractivity contribution < 1.29 is 13.2 Å². The number of carbonyl (C=O) groups is 1. The topological polar surface area (TPSA) is 66.5 Å². The van der Waals surface area contributed by atoms with Crippen LogP contribution in [-0.2, 0) is 14.8 Å². The maximum atomic E-state index is 12.9. The van der Waals surface area contributed by atoms with Gasteiger partial charge in [-0.2, -0.15) is 4.31 Å². The van der Waals surface area contributed by atoms with E-state index in [-0.39, 0.29) is 10.8 Å². The molecule has 3 atom stereocenters. The fourth-order valence-corrected chi connectivity index (χ4v) is 6.76. The van der Waals surface area contributed by atoms with Crippen LogP contribution in [0.15, 0.2) is 23.1 Å². The molecule has 1 amide bonds. The van der Waals surface area contributed by atoms with Crippen molar-refractivity contribution in [1.29, 1.82) is 0 Å². The molecule has 2 bridgehead atoms. The van der Waals surface area contributed by atoms with E-state index in [4.69, 9.17) is 0 Å². The Morgan fingerprint density at radius 1 is 1.15 bits per heavy atom. The third-order valence-electron chi connectivity index (χ3n) is 6.77. The Balaban J connectivity index is 1.46. The van der Waals surface area contributed by atoms with Gasteiger partial charge in [0, 0.05) is 25.2 Å². The molecule has 3 fully saturated rings. The number of hydrogen-bond donors (Lipinski definition) is 1. The summed E-state index contributed by atoms with van der Waals surface area (Å²) in [5, 5.41) is 2.99. The Bertz CT molecular complexity index is 815. The van der Waals surface area contributed by atoms with E-state index < -0.39 is 10.0 Å². The van der Waals surface area contributed by atoms with Crippen LogP contribution >= 0.6 is 0 Å². The molecule has 1 heterocycles. The van der Waals surface area contributed by atoms with E-state index in [0.717, 1.165) is 30.7 Å². The molecular formula is C21H30N2O3S. The summed E-state index contributed by atoms with van der Waals surface area (Å²) in [5.41, 5.74) is 1.52. The number of piperidine rings is 1. The van der Waals surface area contributed by atoms with E-state index in [2.05, 4.69) is 5.32 Å². The van der Waals surface area contributed by atoms with Crippen LogP contribution in [0.2, 0.25) is 0 Å². The number of aryl methyl sites for hydroxylation is 1. The van der Waals surface area contributed by atoms with Crippen molar-refractivity contribution in [2.24, 2.45) is 17.8 Å². The lowest BCUT2D eigenvalue weighted by molar-refractivity contribution is -0.117. The van der Waals surface area contributed by atoms with Crippen molar-refractivity contribution in [2.45, 2.75) is 63.2 Å². The van der Waals surface area contributed by atoms with Crippen LogP contribution in [0.4, 0.5) is 5.69 Å². The first-order valence-corrected chi connectivity index (χ1v) is 11.8. The highest BCUT2D eigenvalue weighted by atomic mass is 32.2. The Kier molecular flexibility index (Phi) is 5.30. The normalized spacial score (nSPS) is 28.4. The van der Waals surface area contributed by atoms with E-state index in [1.165, 1.54) is 25.7 Å². The average Bonchev–Trinajstić information content (AvgIpc) is 3.27. The molecule has 2 saturated carbocycles. The second-order valence-corrected chi connectivity index (χ2v) is 10.6. The van der Waals surface area contributed by atoms with E-state index in [9.17, 15) is 13.2 Å². The van der Waals surface area contributed by atoms with Crippen molar-refractivity contribution in [2.75, 3.05) is 18.4 Å².